The van der Waals surface area contributed by atoms with Crippen LogP contribution in [-0.2, 0) is 17.3 Å². The molecule has 0 unspecified atom stereocenters. The fourth-order valence-electron chi connectivity index (χ4n) is 2.56. The van der Waals surface area contributed by atoms with Gasteiger partial charge in [0.2, 0.25) is 0 Å². The summed E-state index contributed by atoms with van der Waals surface area (Å²) in [5.41, 5.74) is 3.20. The first kappa shape index (κ1) is 19.2. The molecule has 21 heavy (non-hydrogen) atoms. The summed E-state index contributed by atoms with van der Waals surface area (Å²) in [6, 6.07) is 4.34. The van der Waals surface area contributed by atoms with Crippen molar-refractivity contribution >= 4 is 34.0 Å². The van der Waals surface area contributed by atoms with E-state index in [-0.39, 0.29) is 10.8 Å². The highest BCUT2D eigenvalue weighted by Crippen LogP contribution is 2.66. The van der Waals surface area contributed by atoms with Crippen LogP contribution in [0.4, 0.5) is 0 Å². The summed E-state index contributed by atoms with van der Waals surface area (Å²) >= 11 is 12.5. The number of hydrogen-bond acceptors (Lipinski definition) is 1. The summed E-state index contributed by atoms with van der Waals surface area (Å²) in [5, 5.41) is 0.755. The summed E-state index contributed by atoms with van der Waals surface area (Å²) < 4.78 is 0. The molecule has 0 aromatic heterocycles. The first-order chi connectivity index (χ1) is 9.28. The third kappa shape index (κ3) is 4.83. The molecular weight excluding hydrogens is 322 g/mol. The Morgan fingerprint density at radius 2 is 1.33 bits per heavy atom. The van der Waals surface area contributed by atoms with Crippen LogP contribution < -0.4 is 5.30 Å². The molecule has 1 nitrogen and oxygen atoms in total. The van der Waals surface area contributed by atoms with Gasteiger partial charge in [0.25, 0.3) is 0 Å². The van der Waals surface area contributed by atoms with Gasteiger partial charge < -0.3 is 0 Å². The summed E-state index contributed by atoms with van der Waals surface area (Å²) in [6.07, 6.45) is -1.02. The van der Waals surface area contributed by atoms with E-state index in [0.717, 1.165) is 29.3 Å². The Kier molecular flexibility index (Phi) is 5.83. The molecule has 1 aromatic rings. The van der Waals surface area contributed by atoms with Crippen LogP contribution in [0.25, 0.3) is 0 Å². The quantitative estimate of drug-likeness (QED) is 0.654. The predicted octanol–water partition coefficient (Wildman–Crippen LogP) is 6.09. The molecule has 0 aliphatic heterocycles. The maximum atomic E-state index is 10.4. The van der Waals surface area contributed by atoms with Gasteiger partial charge in [0.05, 0.1) is 0 Å². The molecule has 1 aromatic carbocycles. The average Bonchev–Trinajstić information content (AvgIpc) is 2.24. The van der Waals surface area contributed by atoms with Gasteiger partial charge >= 0.3 is 6.19 Å². The molecule has 0 spiro atoms. The molecule has 0 saturated heterocycles. The summed E-state index contributed by atoms with van der Waals surface area (Å²) in [4.78, 5) is 10.4. The SMILES string of the molecule is CCCc1cc(C(C)(C)C)c([P+](O)(Cl)Cl)c(C(C)(C)C)c1. The first-order valence-electron chi connectivity index (χ1n) is 7.48. The topological polar surface area (TPSA) is 20.2 Å². The van der Waals surface area contributed by atoms with Crippen molar-refractivity contribution < 1.29 is 4.89 Å². The van der Waals surface area contributed by atoms with Crippen molar-refractivity contribution in [1.29, 1.82) is 0 Å². The van der Waals surface area contributed by atoms with Crippen molar-refractivity contribution in [2.75, 3.05) is 0 Å². The van der Waals surface area contributed by atoms with E-state index >= 15 is 0 Å². The van der Waals surface area contributed by atoms with Crippen LogP contribution in [-0.4, -0.2) is 4.89 Å². The molecular formula is C17H28Cl2OP+. The number of halogens is 2. The number of hydrogen-bond donors (Lipinski definition) is 1. The lowest BCUT2D eigenvalue weighted by molar-refractivity contribution is 0.569. The smallest absolute Gasteiger partial charge is 0.210 e. The zero-order valence-electron chi connectivity index (χ0n) is 14.2. The lowest BCUT2D eigenvalue weighted by Gasteiger charge is -2.29. The highest BCUT2D eigenvalue weighted by Gasteiger charge is 2.45. The molecule has 0 saturated carbocycles. The van der Waals surface area contributed by atoms with Crippen LogP contribution >= 0.6 is 28.7 Å². The van der Waals surface area contributed by atoms with E-state index in [1.807, 2.05) is 0 Å². The van der Waals surface area contributed by atoms with Gasteiger partial charge in [-0.1, -0.05) is 67.0 Å². The van der Waals surface area contributed by atoms with Gasteiger partial charge in [-0.15, -0.1) is 0 Å². The number of aryl methyl sites for hydroxylation is 1. The fraction of sp³-hybridized carbons (Fsp3) is 0.647. The van der Waals surface area contributed by atoms with Crippen LogP contribution in [0.2, 0.25) is 0 Å². The van der Waals surface area contributed by atoms with E-state index in [9.17, 15) is 4.89 Å². The van der Waals surface area contributed by atoms with Crippen molar-refractivity contribution in [2.45, 2.75) is 72.1 Å². The second-order valence-corrected chi connectivity index (χ2v) is 12.6. The predicted molar refractivity (Wildman–Crippen MR) is 98.3 cm³/mol. The van der Waals surface area contributed by atoms with E-state index < -0.39 is 6.19 Å². The Morgan fingerprint density at radius 3 is 1.57 bits per heavy atom. The standard InChI is InChI=1S/C17H28Cl2OP/c1-8-9-12-10-13(16(2,3)4)15(21(18,19)20)14(11-12)17(5,6)7/h10-11,20H,8-9H2,1-7H3/q+1. The van der Waals surface area contributed by atoms with E-state index in [1.54, 1.807) is 0 Å². The van der Waals surface area contributed by atoms with Crippen LogP contribution in [0.15, 0.2) is 12.1 Å². The zero-order valence-corrected chi connectivity index (χ0v) is 16.6. The van der Waals surface area contributed by atoms with Crippen molar-refractivity contribution in [3.05, 3.63) is 28.8 Å². The molecule has 0 heterocycles. The van der Waals surface area contributed by atoms with Crippen molar-refractivity contribution in [2.24, 2.45) is 0 Å². The Labute approximate surface area is 140 Å². The third-order valence-electron chi connectivity index (χ3n) is 3.59. The minimum Gasteiger partial charge on any atom is -0.210 e. The molecule has 1 N–H and O–H groups in total. The Hall–Kier alpha value is 0.190. The molecule has 120 valence electrons. The van der Waals surface area contributed by atoms with Gasteiger partial charge in [-0.3, -0.25) is 0 Å². The van der Waals surface area contributed by atoms with Gasteiger partial charge in [0, 0.05) is 11.1 Å². The Bertz CT molecular complexity index is 470. The summed E-state index contributed by atoms with van der Waals surface area (Å²) in [7, 11) is 0. The van der Waals surface area contributed by atoms with Gasteiger partial charge in [-0.25, -0.2) is 4.89 Å². The van der Waals surface area contributed by atoms with Crippen molar-refractivity contribution in [3.8, 4) is 0 Å². The number of rotatable bonds is 3. The highest BCUT2D eigenvalue weighted by atomic mass is 35.9. The largest absolute Gasteiger partial charge is 0.369 e. The highest BCUT2D eigenvalue weighted by molar-refractivity contribution is 8.18. The molecule has 0 atom stereocenters. The van der Waals surface area contributed by atoms with Gasteiger partial charge in [-0.05, 0) is 22.8 Å². The van der Waals surface area contributed by atoms with Crippen molar-refractivity contribution in [3.63, 3.8) is 0 Å². The van der Waals surface area contributed by atoms with Gasteiger partial charge in [0.15, 0.2) is 5.30 Å². The van der Waals surface area contributed by atoms with E-state index in [2.05, 4.69) is 60.6 Å². The first-order valence-corrected chi connectivity index (χ1v) is 11.0. The van der Waals surface area contributed by atoms with Crippen molar-refractivity contribution in [1.82, 2.24) is 0 Å². The lowest BCUT2D eigenvalue weighted by Crippen LogP contribution is -2.31. The second-order valence-electron chi connectivity index (χ2n) is 7.77. The normalized spacial score (nSPS) is 13.6. The lowest BCUT2D eigenvalue weighted by atomic mass is 9.79. The van der Waals surface area contributed by atoms with Crippen LogP contribution in [0.3, 0.4) is 0 Å². The Morgan fingerprint density at radius 1 is 0.952 bits per heavy atom. The minimum absolute atomic E-state index is 0.114. The average molecular weight is 350 g/mol. The summed E-state index contributed by atoms with van der Waals surface area (Å²) in [6.45, 7) is 15.0. The molecule has 0 bridgehead atoms. The van der Waals surface area contributed by atoms with E-state index in [1.165, 1.54) is 5.56 Å². The van der Waals surface area contributed by atoms with Gasteiger partial charge in [-0.2, -0.15) is 0 Å². The molecule has 0 fully saturated rings. The summed E-state index contributed by atoms with van der Waals surface area (Å²) in [5.74, 6) is 0. The third-order valence-corrected chi connectivity index (χ3v) is 5.63. The monoisotopic (exact) mass is 349 g/mol. The maximum absolute atomic E-state index is 10.4. The second kappa shape index (κ2) is 6.36. The molecule has 4 heteroatoms. The number of benzene rings is 1. The maximum Gasteiger partial charge on any atom is 0.369 e. The molecule has 0 amide bonds. The molecule has 1 rings (SSSR count). The van der Waals surface area contributed by atoms with Crippen LogP contribution in [0, 0.1) is 0 Å². The van der Waals surface area contributed by atoms with Crippen LogP contribution in [0.5, 0.6) is 0 Å². The minimum atomic E-state index is -3.13. The zero-order chi connectivity index (χ0) is 16.6. The van der Waals surface area contributed by atoms with Crippen LogP contribution in [0.1, 0.15) is 71.6 Å². The van der Waals surface area contributed by atoms with E-state index in [4.69, 9.17) is 22.5 Å². The Balaban J connectivity index is 3.79. The van der Waals surface area contributed by atoms with E-state index in [0.29, 0.717) is 0 Å². The molecule has 0 aliphatic rings. The molecule has 0 radical (unpaired) electrons. The molecule has 0 aliphatic carbocycles. The fourth-order valence-corrected chi connectivity index (χ4v) is 5.03. The van der Waals surface area contributed by atoms with Gasteiger partial charge in [0.1, 0.15) is 22.5 Å².